The zero-order valence-corrected chi connectivity index (χ0v) is 10.0. The van der Waals surface area contributed by atoms with E-state index in [0.717, 1.165) is 32.4 Å². The number of carbonyl (C=O) groups is 1. The number of benzene rings is 1. The van der Waals surface area contributed by atoms with Gasteiger partial charge in [-0.1, -0.05) is 30.3 Å². The van der Waals surface area contributed by atoms with Crippen LogP contribution in [0.15, 0.2) is 30.3 Å². The van der Waals surface area contributed by atoms with E-state index in [9.17, 15) is 4.79 Å². The molecule has 0 amide bonds. The Kier molecular flexibility index (Phi) is 4.21. The molecule has 4 heteroatoms. The van der Waals surface area contributed by atoms with E-state index in [0.29, 0.717) is 5.92 Å². The predicted molar refractivity (Wildman–Crippen MR) is 69.6 cm³/mol. The highest BCUT2D eigenvalue weighted by Gasteiger charge is 2.21. The van der Waals surface area contributed by atoms with Crippen LogP contribution in [-0.4, -0.2) is 36.3 Å². The number of carboxylic acid groups (broad SMARTS) is 1. The summed E-state index contributed by atoms with van der Waals surface area (Å²) in [6.45, 7) is 1.84. The Morgan fingerprint density at radius 3 is 2.53 bits per heavy atom. The van der Waals surface area contributed by atoms with Gasteiger partial charge >= 0.3 is 7.41 Å². The zero-order valence-electron chi connectivity index (χ0n) is 10.0. The smallest absolute Gasteiger partial charge is 0.340 e. The van der Waals surface area contributed by atoms with Gasteiger partial charge in [-0.05, 0) is 43.8 Å². The van der Waals surface area contributed by atoms with Gasteiger partial charge < -0.3 is 9.92 Å². The van der Waals surface area contributed by atoms with E-state index in [1.807, 2.05) is 10.9 Å². The Morgan fingerprint density at radius 2 is 1.94 bits per heavy atom. The second-order valence-corrected chi connectivity index (χ2v) is 4.80. The van der Waals surface area contributed by atoms with E-state index in [1.54, 1.807) is 0 Å². The van der Waals surface area contributed by atoms with Crippen molar-refractivity contribution in [1.82, 2.24) is 4.81 Å². The summed E-state index contributed by atoms with van der Waals surface area (Å²) in [6, 6.07) is 10.5. The zero-order chi connectivity index (χ0) is 12.1. The predicted octanol–water partition coefficient (Wildman–Crippen LogP) is 1.97. The van der Waals surface area contributed by atoms with Gasteiger partial charge in [0, 0.05) is 0 Å². The highest BCUT2D eigenvalue weighted by atomic mass is 16.4. The van der Waals surface area contributed by atoms with Crippen molar-refractivity contribution >= 4 is 13.3 Å². The molecule has 0 radical (unpaired) electrons. The molecule has 1 aromatic rings. The number of nitrogens with zero attached hydrogens (tertiary/aromatic N) is 1. The summed E-state index contributed by atoms with van der Waals surface area (Å²) in [4.78, 5) is 12.6. The lowest BCUT2D eigenvalue weighted by atomic mass is 9.83. The fraction of sp³-hybridized carbons (Fsp3) is 0.462. The van der Waals surface area contributed by atoms with E-state index >= 15 is 0 Å². The lowest BCUT2D eigenvalue weighted by Gasteiger charge is -2.30. The molecule has 0 aliphatic carbocycles. The van der Waals surface area contributed by atoms with Crippen molar-refractivity contribution in [2.75, 3.05) is 13.1 Å². The number of rotatable bonds is 4. The summed E-state index contributed by atoms with van der Waals surface area (Å²) in [5.74, 6) is -0.00560. The van der Waals surface area contributed by atoms with Gasteiger partial charge in [0.2, 0.25) is 0 Å². The minimum absolute atomic E-state index is 0.193. The van der Waals surface area contributed by atoms with E-state index in [-0.39, 0.29) is 7.41 Å². The third-order valence-corrected chi connectivity index (χ3v) is 3.43. The third kappa shape index (κ3) is 3.89. The highest BCUT2D eigenvalue weighted by Crippen LogP contribution is 2.20. The second kappa shape index (κ2) is 5.87. The standard InChI is InChI=1S/C13H18BNO2/c16-13(17)14-15-8-6-12(7-9-15)10-11-4-2-1-3-5-11/h1-5,12,14H,6-10H2,(H,16,17). The molecule has 90 valence electrons. The van der Waals surface area contributed by atoms with Crippen LogP contribution in [0.25, 0.3) is 0 Å². The Hall–Kier alpha value is -1.29. The first-order chi connectivity index (χ1) is 8.24. The SMILES string of the molecule is O=C(O)BN1CCC(Cc2ccccc2)CC1. The molecule has 2 rings (SSSR count). The molecule has 1 saturated heterocycles. The molecule has 0 spiro atoms. The Bertz CT molecular complexity index is 361. The first kappa shape index (κ1) is 12.2. The van der Waals surface area contributed by atoms with Crippen LogP contribution in [-0.2, 0) is 6.42 Å². The van der Waals surface area contributed by atoms with Crippen LogP contribution in [0.4, 0.5) is 4.79 Å². The molecule has 0 bridgehead atoms. The fourth-order valence-corrected chi connectivity index (χ4v) is 2.49. The van der Waals surface area contributed by atoms with E-state index in [2.05, 4.69) is 24.3 Å². The summed E-state index contributed by atoms with van der Waals surface area (Å²) < 4.78 is 0. The average molecular weight is 231 g/mol. The lowest BCUT2D eigenvalue weighted by molar-refractivity contribution is 0.213. The Labute approximate surface area is 103 Å². The molecular weight excluding hydrogens is 213 g/mol. The molecule has 0 aromatic heterocycles. The van der Waals surface area contributed by atoms with Crippen molar-refractivity contribution in [2.24, 2.45) is 5.92 Å². The normalized spacial score (nSPS) is 17.9. The van der Waals surface area contributed by atoms with Crippen molar-refractivity contribution in [2.45, 2.75) is 19.3 Å². The molecular formula is C13H18BNO2. The van der Waals surface area contributed by atoms with Crippen LogP contribution in [0.2, 0.25) is 0 Å². The summed E-state index contributed by atoms with van der Waals surface area (Å²) in [5.41, 5.74) is 1.39. The molecule has 1 N–H and O–H groups in total. The number of hydrogen-bond donors (Lipinski definition) is 1. The van der Waals surface area contributed by atoms with Gasteiger partial charge in [-0.25, -0.2) is 0 Å². The monoisotopic (exact) mass is 231 g/mol. The molecule has 1 heterocycles. The molecule has 0 unspecified atom stereocenters. The van der Waals surface area contributed by atoms with Crippen molar-refractivity contribution in [3.8, 4) is 0 Å². The second-order valence-electron chi connectivity index (χ2n) is 4.80. The summed E-state index contributed by atoms with van der Waals surface area (Å²) in [6.07, 6.45) is 3.35. The van der Waals surface area contributed by atoms with Gasteiger partial charge in [0.05, 0.1) is 0 Å². The Balaban J connectivity index is 1.78. The molecule has 1 aliphatic heterocycles. The fourth-order valence-electron chi connectivity index (χ4n) is 2.49. The van der Waals surface area contributed by atoms with Gasteiger partial charge in [0.15, 0.2) is 0 Å². The summed E-state index contributed by atoms with van der Waals surface area (Å²) >= 11 is 0. The molecule has 1 aliphatic rings. The number of hydrogen-bond acceptors (Lipinski definition) is 2. The van der Waals surface area contributed by atoms with E-state index in [1.165, 1.54) is 5.56 Å². The molecule has 3 nitrogen and oxygen atoms in total. The van der Waals surface area contributed by atoms with E-state index < -0.39 is 5.87 Å². The average Bonchev–Trinajstić information content (AvgIpc) is 2.32. The lowest BCUT2D eigenvalue weighted by Crippen LogP contribution is -2.39. The summed E-state index contributed by atoms with van der Waals surface area (Å²) in [5, 5.41) is 8.73. The molecule has 1 aromatic carbocycles. The number of piperidine rings is 1. The minimum atomic E-state index is -0.716. The van der Waals surface area contributed by atoms with Crippen molar-refractivity contribution in [3.05, 3.63) is 35.9 Å². The van der Waals surface area contributed by atoms with Gasteiger partial charge in [0.25, 0.3) is 5.87 Å². The maximum atomic E-state index is 10.6. The van der Waals surface area contributed by atoms with Gasteiger partial charge in [0.1, 0.15) is 0 Å². The quantitative estimate of drug-likeness (QED) is 0.805. The first-order valence-electron chi connectivity index (χ1n) is 6.22. The maximum Gasteiger partial charge on any atom is 0.340 e. The first-order valence-corrected chi connectivity index (χ1v) is 6.22. The topological polar surface area (TPSA) is 40.5 Å². The van der Waals surface area contributed by atoms with Gasteiger partial charge in [-0.3, -0.25) is 4.79 Å². The van der Waals surface area contributed by atoms with Gasteiger partial charge in [-0.2, -0.15) is 0 Å². The molecule has 17 heavy (non-hydrogen) atoms. The van der Waals surface area contributed by atoms with E-state index in [4.69, 9.17) is 5.11 Å². The molecule has 0 saturated carbocycles. The van der Waals surface area contributed by atoms with Crippen LogP contribution in [0.5, 0.6) is 0 Å². The highest BCUT2D eigenvalue weighted by molar-refractivity contribution is 6.69. The molecule has 1 fully saturated rings. The van der Waals surface area contributed by atoms with Crippen LogP contribution in [0.1, 0.15) is 18.4 Å². The largest absolute Gasteiger partial charge is 0.488 e. The van der Waals surface area contributed by atoms with Crippen LogP contribution < -0.4 is 0 Å². The van der Waals surface area contributed by atoms with Crippen molar-refractivity contribution < 1.29 is 9.90 Å². The third-order valence-electron chi connectivity index (χ3n) is 3.43. The van der Waals surface area contributed by atoms with Crippen LogP contribution in [0, 0.1) is 5.92 Å². The Morgan fingerprint density at radius 1 is 1.29 bits per heavy atom. The minimum Gasteiger partial charge on any atom is -0.488 e. The van der Waals surface area contributed by atoms with Crippen molar-refractivity contribution in [1.29, 1.82) is 0 Å². The van der Waals surface area contributed by atoms with Gasteiger partial charge in [-0.15, -0.1) is 0 Å². The van der Waals surface area contributed by atoms with Crippen molar-refractivity contribution in [3.63, 3.8) is 0 Å². The van der Waals surface area contributed by atoms with Crippen LogP contribution in [0.3, 0.4) is 0 Å². The van der Waals surface area contributed by atoms with Crippen LogP contribution >= 0.6 is 0 Å². The maximum absolute atomic E-state index is 10.6. The molecule has 0 atom stereocenters. The summed E-state index contributed by atoms with van der Waals surface area (Å²) in [7, 11) is 0.193.